The van der Waals surface area contributed by atoms with Gasteiger partial charge in [-0.05, 0) is 233 Å². The maximum Gasteiger partial charge on any atom is 0.155 e. The van der Waals surface area contributed by atoms with Crippen LogP contribution in [0.25, 0.3) is 110 Å². The molecule has 2 aliphatic rings. The van der Waals surface area contributed by atoms with Crippen LogP contribution in [0, 0.1) is 76.6 Å². The molecule has 21 rings (SSSR count). The number of aryl methyl sites for hydroxylation is 5. The Labute approximate surface area is 886 Å². The summed E-state index contributed by atoms with van der Waals surface area (Å²) in [6.45, 7) is 24.2. The molecule has 5 heterocycles. The van der Waals surface area contributed by atoms with E-state index in [9.17, 15) is 18.4 Å². The molecule has 0 unspecified atom stereocenters. The topological polar surface area (TPSA) is 155 Å². The van der Waals surface area contributed by atoms with E-state index < -0.39 is 5.41 Å². The van der Waals surface area contributed by atoms with Crippen molar-refractivity contribution in [3.63, 3.8) is 0 Å². The van der Waals surface area contributed by atoms with E-state index in [0.717, 1.165) is 123 Å². The van der Waals surface area contributed by atoms with E-state index in [2.05, 4.69) is 327 Å². The fourth-order valence-corrected chi connectivity index (χ4v) is 17.4. The molecular weight excluding hydrogens is 2630 g/mol. The summed E-state index contributed by atoms with van der Waals surface area (Å²) < 4.78 is 34.6. The van der Waals surface area contributed by atoms with Gasteiger partial charge in [0.15, 0.2) is 11.6 Å². The molecule has 0 atom stereocenters. The number of carbonyl (C=O) groups excluding carboxylic acids is 2. The van der Waals surface area contributed by atoms with E-state index in [-0.39, 0.29) is 141 Å². The van der Waals surface area contributed by atoms with Gasteiger partial charge in [0, 0.05) is 177 Å². The molecule has 0 fully saturated rings. The van der Waals surface area contributed by atoms with Crippen molar-refractivity contribution in [3.05, 3.63) is 456 Å². The number of ether oxygens (including phenoxy) is 1. The summed E-state index contributed by atoms with van der Waals surface area (Å²) in [7, 11) is 1.68. The number of aromatic nitrogens is 5. The van der Waals surface area contributed by atoms with Gasteiger partial charge in [0.2, 0.25) is 0 Å². The van der Waals surface area contributed by atoms with Crippen molar-refractivity contribution in [1.29, 1.82) is 0 Å². The fourth-order valence-electron chi connectivity index (χ4n) is 17.4. The van der Waals surface area contributed by atoms with E-state index >= 15 is 0 Å². The first-order chi connectivity index (χ1) is 65.2. The van der Waals surface area contributed by atoms with Crippen LogP contribution in [0.3, 0.4) is 0 Å². The van der Waals surface area contributed by atoms with Crippen LogP contribution in [0.2, 0.25) is 0 Å². The van der Waals surface area contributed by atoms with Gasteiger partial charge in [0.25, 0.3) is 0 Å². The van der Waals surface area contributed by atoms with Crippen molar-refractivity contribution in [2.75, 3.05) is 16.9 Å². The molecular formula is C121H102F2Ir5N7O5-5. The Hall–Kier alpha value is -12.9. The number of ketones is 2. The summed E-state index contributed by atoms with van der Waals surface area (Å²) in [5, 5.41) is 28.6. The molecule has 19 heteroatoms. The largest absolute Gasteiger partial charge is 0.512 e. The monoisotopic (exact) mass is 2740 g/mol. The van der Waals surface area contributed by atoms with Crippen LogP contribution in [0.15, 0.2) is 364 Å². The number of methoxy groups -OCH3 is 1. The maximum atomic E-state index is 14.8. The van der Waals surface area contributed by atoms with Crippen molar-refractivity contribution >= 4 is 99.6 Å². The van der Waals surface area contributed by atoms with Gasteiger partial charge in [0.05, 0.1) is 30.0 Å². The molecule has 0 saturated carbocycles. The molecule has 140 heavy (non-hydrogen) atoms. The summed E-state index contributed by atoms with van der Waals surface area (Å²) in [5.74, 6) is 0.393. The summed E-state index contributed by atoms with van der Waals surface area (Å²) in [4.78, 5) is 47.2. The molecule has 12 nitrogen and oxygen atoms in total. The van der Waals surface area contributed by atoms with Gasteiger partial charge in [-0.3, -0.25) is 9.59 Å². The number of hydrogen-bond acceptors (Lipinski definition) is 12. The molecule has 0 spiro atoms. The van der Waals surface area contributed by atoms with Crippen molar-refractivity contribution in [2.24, 2.45) is 0 Å². The molecule has 715 valence electrons. The number of allylic oxidation sites excluding steroid dienone is 4. The van der Waals surface area contributed by atoms with E-state index in [0.29, 0.717) is 16.7 Å². The first-order valence-corrected chi connectivity index (χ1v) is 44.6. The zero-order valence-electron chi connectivity index (χ0n) is 79.7. The zero-order chi connectivity index (χ0) is 95.2. The van der Waals surface area contributed by atoms with Gasteiger partial charge in [-0.2, -0.15) is 0 Å². The average molecular weight is 2730 g/mol. The van der Waals surface area contributed by atoms with Gasteiger partial charge in [-0.25, -0.2) is 8.78 Å². The number of halogens is 2. The molecule has 5 aromatic heterocycles. The van der Waals surface area contributed by atoms with Crippen LogP contribution in [-0.4, -0.2) is 53.8 Å². The molecule has 0 aliphatic heterocycles. The van der Waals surface area contributed by atoms with E-state index in [4.69, 9.17) is 14.9 Å². The Morgan fingerprint density at radius 3 is 1.37 bits per heavy atom. The minimum absolute atomic E-state index is 0. The average Bonchev–Trinajstić information content (AvgIpc) is 0.715. The molecule has 19 aromatic rings. The molecule has 0 amide bonds. The summed E-state index contributed by atoms with van der Waals surface area (Å²) in [6.07, 6.45) is 11.5. The number of rotatable bonds is 12. The second-order valence-corrected chi connectivity index (χ2v) is 34.4. The Morgan fingerprint density at radius 1 is 0.371 bits per heavy atom. The number of aliphatic hydroxyl groups excluding tert-OH is 2. The number of pyridine rings is 5. The van der Waals surface area contributed by atoms with Gasteiger partial charge >= 0.3 is 0 Å². The molecule has 0 saturated heterocycles. The third kappa shape index (κ3) is 24.7. The fraction of sp³-hybridized carbons (Fsp3) is 0.132. The molecule has 5 radical (unpaired) electrons. The zero-order valence-corrected chi connectivity index (χ0v) is 91.6. The SMILES string of the molecule is CC(=O)C=C(C)O.CC(=O)C=C(C)O.COc1ccc(N(c2ccc(C)cc2)c2cc[c-]c(-c3ccccn3)c2)cc1.Cc1c[c-]c2c(c1F)C(C)(C)c1cccc3ccnc-2c13.Cc1ccc2c3c(nccc13)-c1[c-]ccc(F)c1C2(C)C.Cc1cnc(-c2[c-]ccc3ccccc23)cc1C.[Ir].[Ir].[Ir].[Ir].[Ir].[c-]1ccc(N(c2cccc3ccccc23)c2cccc3ccccc23)cc1-c1ccccn1. The normalized spacial score (nSPS) is 11.7. The van der Waals surface area contributed by atoms with Crippen molar-refractivity contribution < 1.29 is 134 Å². The number of anilines is 6. The van der Waals surface area contributed by atoms with Gasteiger partial charge in [-0.1, -0.05) is 238 Å². The van der Waals surface area contributed by atoms with E-state index in [1.165, 1.54) is 106 Å². The predicted octanol–water partition coefficient (Wildman–Crippen LogP) is 30.6. The Balaban J connectivity index is 0.000000175. The number of fused-ring (bicyclic) bond motifs is 7. The van der Waals surface area contributed by atoms with Gasteiger partial charge in [0.1, 0.15) is 5.75 Å². The minimum Gasteiger partial charge on any atom is -0.512 e. The second kappa shape index (κ2) is 49.3. The van der Waals surface area contributed by atoms with E-state index in [1.54, 1.807) is 44.8 Å². The second-order valence-electron chi connectivity index (χ2n) is 34.4. The standard InChI is InChI=1S/C31H21N2.C25H21N2O.2C19H15FN.C17H14N.2C5H8O2.5Ir/c1-3-16-27-23(10-1)12-8-19-30(27)33(31-20-9-13-24-11-2-4-17-28(24)31)26-15-7-14-25(22-26)29-18-5-6-21-32-29;1-19-9-11-21(12-10-19)27(22-13-15-24(28-2)16-14-22)23-7-5-6-20(18-23)25-8-3-4-17-26-25;1-11-7-8-14-16-12(11)9-10-21-18(16)13-5-4-6-15(20)17(13)19(14,2)3;1-11-7-8-13-16(17(11)20)19(2,3)14-6-4-5-12-9-10-21-18(13)15(12)14;1-12-10-17(18-11-13(12)2)16-9-5-7-14-6-3-4-8-15(14)16;2*1-4(6)3-5(2)7;;;;;/h1-13,15-22H;3-5,7-18H,1-2H3;4,6-10H,1-3H3;4-7,9-10H,1-3H3;3-8,10-11H,1-2H3;2*3,6H,1-2H3;;;;;/q5*-1;;;;;;;. The Kier molecular flexibility index (Phi) is 38.4. The smallest absolute Gasteiger partial charge is 0.155 e. The Bertz CT molecular complexity index is 7520. The van der Waals surface area contributed by atoms with Crippen molar-refractivity contribution in [2.45, 2.75) is 101 Å². The third-order valence-electron chi connectivity index (χ3n) is 24.0. The van der Waals surface area contributed by atoms with Gasteiger partial charge < -0.3 is 49.7 Å². The minimum atomic E-state index is -0.391. The first-order valence-electron chi connectivity index (χ1n) is 44.6. The van der Waals surface area contributed by atoms with Crippen LogP contribution < -0.4 is 14.5 Å². The molecule has 2 N–H and O–H groups in total. The summed E-state index contributed by atoms with van der Waals surface area (Å²) >= 11 is 0. The van der Waals surface area contributed by atoms with Crippen LogP contribution in [0.1, 0.15) is 105 Å². The molecule has 2 aliphatic carbocycles. The number of nitrogens with zero attached hydrogens (tertiary/aromatic N) is 7. The molecule has 0 bridgehead atoms. The van der Waals surface area contributed by atoms with Crippen LogP contribution >= 0.6 is 0 Å². The number of carbonyl (C=O) groups is 2. The summed E-state index contributed by atoms with van der Waals surface area (Å²) in [6, 6.07) is 121. The van der Waals surface area contributed by atoms with Crippen LogP contribution in [0.4, 0.5) is 42.9 Å². The maximum absolute atomic E-state index is 14.8. The number of aliphatic hydroxyl groups is 2. The predicted molar refractivity (Wildman–Crippen MR) is 548 cm³/mol. The van der Waals surface area contributed by atoms with Crippen molar-refractivity contribution in [1.82, 2.24) is 24.9 Å². The number of benzene rings is 14. The molecule has 14 aromatic carbocycles. The van der Waals surface area contributed by atoms with Gasteiger partial charge in [-0.15, -0.1) is 130 Å². The van der Waals surface area contributed by atoms with E-state index in [1.807, 2.05) is 97.3 Å². The quantitative estimate of drug-likeness (QED) is 0.0680. The Morgan fingerprint density at radius 2 is 0.836 bits per heavy atom. The van der Waals surface area contributed by atoms with Crippen LogP contribution in [0.5, 0.6) is 5.75 Å². The van der Waals surface area contributed by atoms with Crippen molar-refractivity contribution in [3.8, 4) is 62.0 Å². The summed E-state index contributed by atoms with van der Waals surface area (Å²) in [5.41, 5.74) is 24.1. The number of hydrogen-bond donors (Lipinski definition) is 2. The van der Waals surface area contributed by atoms with Crippen LogP contribution in [-0.2, 0) is 121 Å². The first kappa shape index (κ1) is 109. The third-order valence-corrected chi connectivity index (χ3v) is 24.0.